The third-order valence-corrected chi connectivity index (χ3v) is 4.39. The van der Waals surface area contributed by atoms with E-state index in [2.05, 4.69) is 10.3 Å². The molecule has 7 heteroatoms. The zero-order valence-electron chi connectivity index (χ0n) is 13.6. The largest absolute Gasteiger partial charge is 0.491 e. The molecule has 0 spiro atoms. The van der Waals surface area contributed by atoms with E-state index < -0.39 is 18.3 Å². The van der Waals surface area contributed by atoms with Gasteiger partial charge in [0.1, 0.15) is 0 Å². The van der Waals surface area contributed by atoms with Crippen LogP contribution in [0.15, 0.2) is 22.5 Å². The van der Waals surface area contributed by atoms with Crippen LogP contribution < -0.4 is 10.9 Å². The Morgan fingerprint density at radius 2 is 1.95 bits per heavy atom. The quantitative estimate of drug-likeness (QED) is 0.834. The minimum absolute atomic E-state index is 0.200. The molecule has 22 heavy (non-hydrogen) atoms. The van der Waals surface area contributed by atoms with Gasteiger partial charge >= 0.3 is 7.12 Å². The van der Waals surface area contributed by atoms with E-state index in [1.54, 1.807) is 12.1 Å². The molecule has 2 N–H and O–H groups in total. The van der Waals surface area contributed by atoms with Crippen molar-refractivity contribution in [1.82, 2.24) is 10.3 Å². The van der Waals surface area contributed by atoms with Gasteiger partial charge in [0.25, 0.3) is 5.56 Å². The van der Waals surface area contributed by atoms with Gasteiger partial charge in [-0.05, 0) is 46.3 Å². The van der Waals surface area contributed by atoms with E-state index in [9.17, 15) is 4.79 Å². The van der Waals surface area contributed by atoms with E-state index in [0.29, 0.717) is 17.1 Å². The molecule has 1 aliphatic heterocycles. The Morgan fingerprint density at radius 3 is 2.50 bits per heavy atom. The highest BCUT2D eigenvalue weighted by Crippen LogP contribution is 2.38. The summed E-state index contributed by atoms with van der Waals surface area (Å²) in [6.07, 6.45) is 3.23. The third kappa shape index (κ3) is 3.46. The fraction of sp³-hybridized carbons (Fsp3) is 0.533. The highest BCUT2D eigenvalue weighted by molar-refractivity contribution is 6.55. The number of H-pyrrole nitrogens is 1. The lowest BCUT2D eigenvalue weighted by Crippen LogP contribution is -2.41. The van der Waals surface area contributed by atoms with Crippen molar-refractivity contribution >= 4 is 24.8 Å². The Morgan fingerprint density at radius 1 is 1.36 bits per heavy atom. The summed E-state index contributed by atoms with van der Waals surface area (Å²) < 4.78 is 12.1. The number of pyridine rings is 1. The first-order valence-electron chi connectivity index (χ1n) is 7.25. The van der Waals surface area contributed by atoms with Crippen LogP contribution in [-0.4, -0.2) is 36.9 Å². The van der Waals surface area contributed by atoms with Crippen molar-refractivity contribution < 1.29 is 9.31 Å². The second-order valence-electron chi connectivity index (χ2n) is 6.44. The van der Waals surface area contributed by atoms with Crippen LogP contribution in [0.25, 0.3) is 6.08 Å². The highest BCUT2D eigenvalue weighted by atomic mass is 35.5. The van der Waals surface area contributed by atoms with Crippen molar-refractivity contribution in [1.29, 1.82) is 0 Å². The normalized spacial score (nSPS) is 20.5. The van der Waals surface area contributed by atoms with Gasteiger partial charge in [-0.15, -0.1) is 0 Å². The maximum atomic E-state index is 11.9. The molecule has 120 valence electrons. The standard InChI is InChI=1S/C15H22BClN2O3/c1-14(2)15(3,4)22-16(21-14)11(8-18-5)6-10-7-12(17)9-19-13(10)20/h6-7,9,18H,8H2,1-5H3,(H,19,20). The van der Waals surface area contributed by atoms with Crippen LogP contribution in [0.4, 0.5) is 0 Å². The van der Waals surface area contributed by atoms with Gasteiger partial charge in [-0.1, -0.05) is 17.7 Å². The molecular formula is C15H22BClN2O3. The lowest BCUT2D eigenvalue weighted by Gasteiger charge is -2.32. The van der Waals surface area contributed by atoms with Gasteiger partial charge in [0.05, 0.1) is 16.2 Å². The fourth-order valence-corrected chi connectivity index (χ4v) is 2.35. The molecule has 1 aliphatic rings. The smallest absolute Gasteiger partial charge is 0.400 e. The molecule has 0 unspecified atom stereocenters. The molecule has 2 rings (SSSR count). The Labute approximate surface area is 136 Å². The van der Waals surface area contributed by atoms with Crippen molar-refractivity contribution in [3.63, 3.8) is 0 Å². The zero-order valence-corrected chi connectivity index (χ0v) is 14.4. The highest BCUT2D eigenvalue weighted by Gasteiger charge is 2.52. The lowest BCUT2D eigenvalue weighted by molar-refractivity contribution is 0.00578. The first-order chi connectivity index (χ1) is 10.2. The number of hydrogen-bond donors (Lipinski definition) is 2. The van der Waals surface area contributed by atoms with E-state index in [0.717, 1.165) is 5.47 Å². The molecule has 1 fully saturated rings. The number of nitrogens with one attached hydrogen (secondary N) is 2. The van der Waals surface area contributed by atoms with E-state index in [1.165, 1.54) is 6.20 Å². The summed E-state index contributed by atoms with van der Waals surface area (Å²) in [6.45, 7) is 8.53. The Bertz CT molecular complexity index is 624. The second kappa shape index (κ2) is 6.20. The number of likely N-dealkylation sites (N-methyl/N-ethyl adjacent to an activating group) is 1. The Hall–Kier alpha value is -1.08. The summed E-state index contributed by atoms with van der Waals surface area (Å²) in [5.41, 5.74) is 0.271. The molecule has 0 radical (unpaired) electrons. The average Bonchev–Trinajstić information content (AvgIpc) is 2.62. The molecule has 5 nitrogen and oxygen atoms in total. The van der Waals surface area contributed by atoms with Crippen molar-refractivity contribution in [2.75, 3.05) is 13.6 Å². The Balaban J connectivity index is 2.37. The number of hydrogen-bond acceptors (Lipinski definition) is 4. The van der Waals surface area contributed by atoms with Gasteiger partial charge in [0.2, 0.25) is 0 Å². The van der Waals surface area contributed by atoms with Gasteiger partial charge in [0, 0.05) is 18.3 Å². The minimum atomic E-state index is -0.504. The first-order valence-corrected chi connectivity index (χ1v) is 7.63. The van der Waals surface area contributed by atoms with Crippen LogP contribution >= 0.6 is 11.6 Å². The topological polar surface area (TPSA) is 63.4 Å². The third-order valence-electron chi connectivity index (χ3n) is 4.17. The summed E-state index contributed by atoms with van der Waals surface area (Å²) >= 11 is 5.95. The molecule has 2 heterocycles. The van der Waals surface area contributed by atoms with Crippen molar-refractivity contribution in [3.05, 3.63) is 38.7 Å². The summed E-state index contributed by atoms with van der Waals surface area (Å²) in [5.74, 6) is 0. The van der Waals surface area contributed by atoms with Gasteiger partial charge < -0.3 is 19.6 Å². The number of aromatic amines is 1. The molecule has 1 saturated heterocycles. The number of halogens is 1. The van der Waals surface area contributed by atoms with Crippen LogP contribution in [0.2, 0.25) is 5.02 Å². The molecule has 1 aromatic rings. The molecule has 0 bridgehead atoms. The predicted octanol–water partition coefficient (Wildman–Crippen LogP) is 2.26. The number of rotatable bonds is 4. The minimum Gasteiger partial charge on any atom is -0.400 e. The van der Waals surface area contributed by atoms with Crippen LogP contribution in [-0.2, 0) is 9.31 Å². The SMILES string of the molecule is CNCC(=Cc1cc(Cl)c[nH]c1=O)B1OC(C)(C)C(C)(C)O1. The van der Waals surface area contributed by atoms with Crippen molar-refractivity contribution in [2.45, 2.75) is 38.9 Å². The van der Waals surface area contributed by atoms with Crippen LogP contribution in [0.5, 0.6) is 0 Å². The molecule has 0 saturated carbocycles. The van der Waals surface area contributed by atoms with Crippen LogP contribution in [0.1, 0.15) is 33.3 Å². The molecule has 0 aliphatic carbocycles. The summed E-state index contributed by atoms with van der Waals surface area (Å²) in [6, 6.07) is 1.63. The zero-order chi connectivity index (χ0) is 16.5. The molecule has 0 atom stereocenters. The summed E-state index contributed by atoms with van der Waals surface area (Å²) in [7, 11) is 1.33. The van der Waals surface area contributed by atoms with E-state index >= 15 is 0 Å². The molecule has 1 aromatic heterocycles. The fourth-order valence-electron chi connectivity index (χ4n) is 2.18. The molecule has 0 amide bonds. The van der Waals surface area contributed by atoms with Crippen LogP contribution in [0, 0.1) is 0 Å². The van der Waals surface area contributed by atoms with E-state index in [1.807, 2.05) is 34.7 Å². The average molecular weight is 325 g/mol. The van der Waals surface area contributed by atoms with E-state index in [-0.39, 0.29) is 5.56 Å². The van der Waals surface area contributed by atoms with Crippen molar-refractivity contribution in [3.8, 4) is 0 Å². The second-order valence-corrected chi connectivity index (χ2v) is 6.88. The molecular weight excluding hydrogens is 302 g/mol. The Kier molecular flexibility index (Phi) is 4.87. The van der Waals surface area contributed by atoms with E-state index in [4.69, 9.17) is 20.9 Å². The monoisotopic (exact) mass is 324 g/mol. The predicted molar refractivity (Wildman–Crippen MR) is 90.1 cm³/mol. The maximum absolute atomic E-state index is 11.9. The summed E-state index contributed by atoms with van der Waals surface area (Å²) in [5, 5.41) is 3.56. The summed E-state index contributed by atoms with van der Waals surface area (Å²) in [4.78, 5) is 14.5. The number of aromatic nitrogens is 1. The van der Waals surface area contributed by atoms with Gasteiger partial charge in [-0.3, -0.25) is 4.79 Å². The molecule has 0 aromatic carbocycles. The lowest BCUT2D eigenvalue weighted by atomic mass is 9.77. The van der Waals surface area contributed by atoms with Crippen LogP contribution in [0.3, 0.4) is 0 Å². The van der Waals surface area contributed by atoms with Crippen molar-refractivity contribution in [2.24, 2.45) is 0 Å². The van der Waals surface area contributed by atoms with Gasteiger partial charge in [-0.25, -0.2) is 0 Å². The van der Waals surface area contributed by atoms with Gasteiger partial charge in [-0.2, -0.15) is 0 Å². The first kappa shape index (κ1) is 17.3. The van der Waals surface area contributed by atoms with Gasteiger partial charge in [0.15, 0.2) is 0 Å². The maximum Gasteiger partial charge on any atom is 0.491 e.